The molecule has 1 heterocycles. The normalized spacial score (nSPS) is 10.6. The molecule has 3 aromatic rings. The van der Waals surface area contributed by atoms with Gasteiger partial charge in [-0.05, 0) is 62.7 Å². The number of ether oxygens (including phenoxy) is 3. The average molecular weight is 440 g/mol. The van der Waals surface area contributed by atoms with Gasteiger partial charge in [0.25, 0.3) is 5.91 Å². The quantitative estimate of drug-likeness (QED) is 0.460. The van der Waals surface area contributed by atoms with Crippen LogP contribution in [0.3, 0.4) is 0 Å². The minimum atomic E-state index is -0.481. The Morgan fingerprint density at radius 3 is 2.23 bits per heavy atom. The fourth-order valence-corrected chi connectivity index (χ4v) is 3.92. The summed E-state index contributed by atoms with van der Waals surface area (Å²) in [7, 11) is 1.60. The summed E-state index contributed by atoms with van der Waals surface area (Å²) in [6, 6.07) is 14.2. The molecule has 0 radical (unpaired) electrons. The molecule has 0 atom stereocenters. The Labute approximate surface area is 185 Å². The standard InChI is InChI=1S/C24H25NO5S/c1-5-29-24(27)21-20(16-6-10-18(28-4)11-7-16)14-31-23(21)25-22(26)17-8-12-19(13-9-17)30-15(2)3/h6-15H,5H2,1-4H3,(H,25,26). The van der Waals surface area contributed by atoms with Crippen molar-refractivity contribution in [2.24, 2.45) is 0 Å². The Bertz CT molecular complexity index is 1040. The maximum atomic E-state index is 12.8. The zero-order chi connectivity index (χ0) is 22.4. The van der Waals surface area contributed by atoms with Gasteiger partial charge in [-0.15, -0.1) is 11.3 Å². The Balaban J connectivity index is 1.88. The Morgan fingerprint density at radius 2 is 1.65 bits per heavy atom. The lowest BCUT2D eigenvalue weighted by atomic mass is 10.0. The molecule has 1 N–H and O–H groups in total. The lowest BCUT2D eigenvalue weighted by Crippen LogP contribution is -2.15. The number of carbonyl (C=O) groups is 2. The number of anilines is 1. The number of carbonyl (C=O) groups excluding carboxylic acids is 2. The average Bonchev–Trinajstić information content (AvgIpc) is 3.17. The topological polar surface area (TPSA) is 73.9 Å². The van der Waals surface area contributed by atoms with E-state index in [1.54, 1.807) is 38.3 Å². The third kappa shape index (κ3) is 5.44. The van der Waals surface area contributed by atoms with Gasteiger partial charge < -0.3 is 19.5 Å². The van der Waals surface area contributed by atoms with Gasteiger partial charge in [-0.3, -0.25) is 4.79 Å². The van der Waals surface area contributed by atoms with Gasteiger partial charge in [-0.25, -0.2) is 4.79 Å². The summed E-state index contributed by atoms with van der Waals surface area (Å²) in [5, 5.41) is 5.13. The number of esters is 1. The van der Waals surface area contributed by atoms with Crippen LogP contribution in [0.5, 0.6) is 11.5 Å². The van der Waals surface area contributed by atoms with Crippen LogP contribution in [0.4, 0.5) is 5.00 Å². The van der Waals surface area contributed by atoms with Gasteiger partial charge in [0, 0.05) is 16.5 Å². The van der Waals surface area contributed by atoms with Crippen molar-refractivity contribution < 1.29 is 23.8 Å². The van der Waals surface area contributed by atoms with E-state index in [9.17, 15) is 9.59 Å². The minimum absolute atomic E-state index is 0.0503. The molecule has 2 aromatic carbocycles. The van der Waals surface area contributed by atoms with Gasteiger partial charge in [0.2, 0.25) is 0 Å². The molecule has 0 unspecified atom stereocenters. The molecule has 1 amide bonds. The number of benzene rings is 2. The van der Waals surface area contributed by atoms with E-state index in [-0.39, 0.29) is 18.6 Å². The molecular formula is C24H25NO5S. The number of methoxy groups -OCH3 is 1. The summed E-state index contributed by atoms with van der Waals surface area (Å²) in [5.74, 6) is 0.613. The molecular weight excluding hydrogens is 414 g/mol. The van der Waals surface area contributed by atoms with E-state index in [0.29, 0.717) is 27.4 Å². The maximum Gasteiger partial charge on any atom is 0.341 e. The summed E-state index contributed by atoms with van der Waals surface area (Å²) in [4.78, 5) is 25.5. The van der Waals surface area contributed by atoms with Crippen LogP contribution in [0.1, 0.15) is 41.5 Å². The van der Waals surface area contributed by atoms with Crippen LogP contribution in [0, 0.1) is 0 Å². The highest BCUT2D eigenvalue weighted by molar-refractivity contribution is 7.15. The van der Waals surface area contributed by atoms with Gasteiger partial charge >= 0.3 is 5.97 Å². The van der Waals surface area contributed by atoms with E-state index in [0.717, 1.165) is 11.3 Å². The third-order valence-electron chi connectivity index (χ3n) is 4.39. The van der Waals surface area contributed by atoms with Gasteiger partial charge in [0.15, 0.2) is 0 Å². The monoisotopic (exact) mass is 439 g/mol. The molecule has 0 spiro atoms. The van der Waals surface area contributed by atoms with Crippen molar-refractivity contribution in [1.82, 2.24) is 0 Å². The summed E-state index contributed by atoms with van der Waals surface area (Å²) in [5.41, 5.74) is 2.33. The molecule has 7 heteroatoms. The van der Waals surface area contributed by atoms with Gasteiger partial charge in [-0.1, -0.05) is 12.1 Å². The van der Waals surface area contributed by atoms with Crippen molar-refractivity contribution in [3.8, 4) is 22.6 Å². The molecule has 1 aromatic heterocycles. The zero-order valence-corrected chi connectivity index (χ0v) is 18.7. The molecule has 3 rings (SSSR count). The smallest absolute Gasteiger partial charge is 0.341 e. The number of rotatable bonds is 8. The van der Waals surface area contributed by atoms with E-state index in [4.69, 9.17) is 14.2 Å². The SMILES string of the molecule is CCOC(=O)c1c(-c2ccc(OC)cc2)csc1NC(=O)c1ccc(OC(C)C)cc1. The maximum absolute atomic E-state index is 12.8. The third-order valence-corrected chi connectivity index (χ3v) is 5.28. The molecule has 0 saturated heterocycles. The Morgan fingerprint density at radius 1 is 1.00 bits per heavy atom. The van der Waals surface area contributed by atoms with Crippen LogP contribution in [-0.2, 0) is 4.74 Å². The number of hydrogen-bond donors (Lipinski definition) is 1. The zero-order valence-electron chi connectivity index (χ0n) is 17.9. The van der Waals surface area contributed by atoms with E-state index in [2.05, 4.69) is 5.32 Å². The highest BCUT2D eigenvalue weighted by Crippen LogP contribution is 2.37. The molecule has 6 nitrogen and oxygen atoms in total. The van der Waals surface area contributed by atoms with Gasteiger partial charge in [0.1, 0.15) is 22.1 Å². The number of amides is 1. The molecule has 0 aliphatic heterocycles. The van der Waals surface area contributed by atoms with Crippen molar-refractivity contribution in [3.05, 3.63) is 65.0 Å². The van der Waals surface area contributed by atoms with Crippen LogP contribution in [-0.4, -0.2) is 31.7 Å². The highest BCUT2D eigenvalue weighted by Gasteiger charge is 2.23. The Hall–Kier alpha value is -3.32. The molecule has 162 valence electrons. The molecule has 0 aliphatic carbocycles. The van der Waals surface area contributed by atoms with E-state index in [1.165, 1.54) is 11.3 Å². The van der Waals surface area contributed by atoms with E-state index < -0.39 is 5.97 Å². The van der Waals surface area contributed by atoms with E-state index in [1.807, 2.05) is 43.5 Å². The molecule has 0 bridgehead atoms. The summed E-state index contributed by atoms with van der Waals surface area (Å²) in [6.45, 7) is 5.86. The van der Waals surface area contributed by atoms with Crippen LogP contribution in [0.25, 0.3) is 11.1 Å². The van der Waals surface area contributed by atoms with Gasteiger partial charge in [0.05, 0.1) is 19.8 Å². The Kier molecular flexibility index (Phi) is 7.31. The van der Waals surface area contributed by atoms with Crippen molar-refractivity contribution in [1.29, 1.82) is 0 Å². The number of hydrogen-bond acceptors (Lipinski definition) is 6. The van der Waals surface area contributed by atoms with Crippen molar-refractivity contribution in [2.45, 2.75) is 26.9 Å². The molecule has 0 fully saturated rings. The van der Waals surface area contributed by atoms with Crippen molar-refractivity contribution >= 4 is 28.2 Å². The summed E-state index contributed by atoms with van der Waals surface area (Å²) >= 11 is 1.28. The second-order valence-electron chi connectivity index (χ2n) is 6.95. The number of thiophene rings is 1. The van der Waals surface area contributed by atoms with Crippen molar-refractivity contribution in [2.75, 3.05) is 19.0 Å². The predicted octanol–water partition coefficient (Wildman–Crippen LogP) is 5.64. The lowest BCUT2D eigenvalue weighted by Gasteiger charge is -2.11. The minimum Gasteiger partial charge on any atom is -0.497 e. The van der Waals surface area contributed by atoms with Crippen molar-refractivity contribution in [3.63, 3.8) is 0 Å². The van der Waals surface area contributed by atoms with Gasteiger partial charge in [-0.2, -0.15) is 0 Å². The van der Waals surface area contributed by atoms with Crippen LogP contribution in [0.2, 0.25) is 0 Å². The first-order chi connectivity index (χ1) is 14.9. The first-order valence-electron chi connectivity index (χ1n) is 9.94. The fourth-order valence-electron chi connectivity index (χ4n) is 2.97. The van der Waals surface area contributed by atoms with Crippen LogP contribution < -0.4 is 14.8 Å². The summed E-state index contributed by atoms with van der Waals surface area (Å²) < 4.78 is 16.1. The molecule has 0 aliphatic rings. The van der Waals surface area contributed by atoms with Crippen LogP contribution in [0.15, 0.2) is 53.9 Å². The molecule has 31 heavy (non-hydrogen) atoms. The largest absolute Gasteiger partial charge is 0.497 e. The van der Waals surface area contributed by atoms with E-state index >= 15 is 0 Å². The second kappa shape index (κ2) is 10.1. The highest BCUT2D eigenvalue weighted by atomic mass is 32.1. The lowest BCUT2D eigenvalue weighted by molar-refractivity contribution is 0.0529. The number of nitrogens with one attached hydrogen (secondary N) is 1. The molecule has 0 saturated carbocycles. The first kappa shape index (κ1) is 22.4. The first-order valence-corrected chi connectivity index (χ1v) is 10.8. The fraction of sp³-hybridized carbons (Fsp3) is 0.250. The second-order valence-corrected chi connectivity index (χ2v) is 7.83. The predicted molar refractivity (Wildman–Crippen MR) is 122 cm³/mol. The summed E-state index contributed by atoms with van der Waals surface area (Å²) in [6.07, 6.45) is 0.0503. The van der Waals surface area contributed by atoms with Crippen LogP contribution >= 0.6 is 11.3 Å².